The molecule has 6 heteroatoms. The Labute approximate surface area is 125 Å². The van der Waals surface area contributed by atoms with Crippen LogP contribution in [0.2, 0.25) is 0 Å². The number of hydrogen-bond acceptors (Lipinski definition) is 3. The molecule has 17 heavy (non-hydrogen) atoms. The molecule has 0 fully saturated rings. The van der Waals surface area contributed by atoms with Gasteiger partial charge < -0.3 is 4.90 Å². The zero-order valence-corrected chi connectivity index (χ0v) is 13.7. The second-order valence-corrected chi connectivity index (χ2v) is 7.53. The Hall–Kier alpha value is -0.170. The Kier molecular flexibility index (Phi) is 4.41. The third-order valence-corrected chi connectivity index (χ3v) is 6.18. The topological polar surface area (TPSA) is 20.3 Å². The minimum absolute atomic E-state index is 0.0487. The third kappa shape index (κ3) is 3.19. The quantitative estimate of drug-likeness (QED) is 0.744. The SMILES string of the molecule is CN(Cc1ccsc1)C(=O)c1cc(Br)c(Br)s1. The lowest BCUT2D eigenvalue weighted by molar-refractivity contribution is 0.0790. The van der Waals surface area contributed by atoms with E-state index in [9.17, 15) is 4.79 Å². The van der Waals surface area contributed by atoms with Gasteiger partial charge in [-0.1, -0.05) is 0 Å². The van der Waals surface area contributed by atoms with Crippen LogP contribution in [0.3, 0.4) is 0 Å². The molecule has 90 valence electrons. The van der Waals surface area contributed by atoms with Gasteiger partial charge in [0.2, 0.25) is 0 Å². The normalized spacial score (nSPS) is 10.5. The molecule has 2 aromatic rings. The van der Waals surface area contributed by atoms with Crippen LogP contribution < -0.4 is 0 Å². The van der Waals surface area contributed by atoms with Gasteiger partial charge in [-0.25, -0.2) is 0 Å². The zero-order valence-electron chi connectivity index (χ0n) is 8.94. The summed E-state index contributed by atoms with van der Waals surface area (Å²) < 4.78 is 1.87. The summed E-state index contributed by atoms with van der Waals surface area (Å²) in [5, 5.41) is 4.08. The first-order valence-electron chi connectivity index (χ1n) is 4.79. The Morgan fingerprint density at radius 1 is 1.47 bits per heavy atom. The fraction of sp³-hybridized carbons (Fsp3) is 0.182. The van der Waals surface area contributed by atoms with E-state index in [2.05, 4.69) is 37.2 Å². The van der Waals surface area contributed by atoms with Crippen molar-refractivity contribution in [2.24, 2.45) is 0 Å². The zero-order chi connectivity index (χ0) is 12.4. The fourth-order valence-corrected chi connectivity index (χ4v) is 4.06. The molecule has 2 heterocycles. The second kappa shape index (κ2) is 5.65. The predicted molar refractivity (Wildman–Crippen MR) is 79.8 cm³/mol. The van der Waals surface area contributed by atoms with E-state index in [1.54, 1.807) is 16.2 Å². The smallest absolute Gasteiger partial charge is 0.264 e. The Bertz CT molecular complexity index is 502. The van der Waals surface area contributed by atoms with Crippen molar-refractivity contribution in [1.29, 1.82) is 0 Å². The molecule has 0 aliphatic heterocycles. The summed E-state index contributed by atoms with van der Waals surface area (Å²) in [5.41, 5.74) is 1.17. The van der Waals surface area contributed by atoms with Gasteiger partial charge in [0.15, 0.2) is 0 Å². The minimum Gasteiger partial charge on any atom is -0.337 e. The highest BCUT2D eigenvalue weighted by Crippen LogP contribution is 2.33. The highest BCUT2D eigenvalue weighted by molar-refractivity contribution is 9.13. The van der Waals surface area contributed by atoms with Crippen LogP contribution in [0.25, 0.3) is 0 Å². The number of carbonyl (C=O) groups excluding carboxylic acids is 1. The van der Waals surface area contributed by atoms with E-state index in [0.29, 0.717) is 6.54 Å². The van der Waals surface area contributed by atoms with Gasteiger partial charge >= 0.3 is 0 Å². The van der Waals surface area contributed by atoms with Crippen LogP contribution in [-0.4, -0.2) is 17.9 Å². The fourth-order valence-electron chi connectivity index (χ4n) is 1.37. The van der Waals surface area contributed by atoms with E-state index in [1.165, 1.54) is 16.9 Å². The van der Waals surface area contributed by atoms with Gasteiger partial charge in [-0.2, -0.15) is 11.3 Å². The molecule has 0 atom stereocenters. The molecule has 0 aliphatic carbocycles. The van der Waals surface area contributed by atoms with Crippen molar-refractivity contribution < 1.29 is 4.79 Å². The number of hydrogen-bond donors (Lipinski definition) is 0. The van der Waals surface area contributed by atoms with Crippen molar-refractivity contribution in [3.05, 3.63) is 41.6 Å². The highest BCUT2D eigenvalue weighted by atomic mass is 79.9. The molecule has 2 rings (SSSR count). The van der Waals surface area contributed by atoms with E-state index < -0.39 is 0 Å². The summed E-state index contributed by atoms with van der Waals surface area (Å²) in [4.78, 5) is 14.6. The average molecular weight is 395 g/mol. The van der Waals surface area contributed by atoms with Crippen molar-refractivity contribution in [2.75, 3.05) is 7.05 Å². The molecule has 1 amide bonds. The standard InChI is InChI=1S/C11H9Br2NOS2/c1-14(5-7-2-3-16-6-7)11(15)9-4-8(12)10(13)17-9/h2-4,6H,5H2,1H3. The largest absolute Gasteiger partial charge is 0.337 e. The molecule has 2 nitrogen and oxygen atoms in total. The molecule has 0 bridgehead atoms. The van der Waals surface area contributed by atoms with Crippen molar-refractivity contribution in [2.45, 2.75) is 6.54 Å². The van der Waals surface area contributed by atoms with Crippen LogP contribution >= 0.6 is 54.5 Å². The summed E-state index contributed by atoms with van der Waals surface area (Å²) in [6.45, 7) is 0.648. The van der Waals surface area contributed by atoms with Crippen molar-refractivity contribution in [3.63, 3.8) is 0 Å². The van der Waals surface area contributed by atoms with E-state index in [-0.39, 0.29) is 5.91 Å². The van der Waals surface area contributed by atoms with Crippen molar-refractivity contribution in [3.8, 4) is 0 Å². The van der Waals surface area contributed by atoms with Crippen LogP contribution in [0.15, 0.2) is 31.2 Å². The van der Waals surface area contributed by atoms with Crippen LogP contribution in [0, 0.1) is 0 Å². The summed E-state index contributed by atoms with van der Waals surface area (Å²) in [7, 11) is 1.82. The average Bonchev–Trinajstić information content (AvgIpc) is 2.89. The lowest BCUT2D eigenvalue weighted by Gasteiger charge is -2.15. The Morgan fingerprint density at radius 2 is 2.24 bits per heavy atom. The van der Waals surface area contributed by atoms with Gasteiger partial charge in [0.25, 0.3) is 5.91 Å². The maximum Gasteiger partial charge on any atom is 0.264 e. The molecular formula is C11H9Br2NOS2. The molecule has 0 radical (unpaired) electrons. The second-order valence-electron chi connectivity index (χ2n) is 3.53. The maximum absolute atomic E-state index is 12.1. The van der Waals surface area contributed by atoms with E-state index >= 15 is 0 Å². The van der Waals surface area contributed by atoms with Gasteiger partial charge in [-0.15, -0.1) is 11.3 Å². The molecule has 0 spiro atoms. The molecule has 0 saturated carbocycles. The lowest BCUT2D eigenvalue weighted by Crippen LogP contribution is -2.25. The highest BCUT2D eigenvalue weighted by Gasteiger charge is 2.16. The minimum atomic E-state index is 0.0487. The van der Waals surface area contributed by atoms with Gasteiger partial charge in [0, 0.05) is 18.1 Å². The molecular weight excluding hydrogens is 386 g/mol. The number of carbonyl (C=O) groups is 1. The van der Waals surface area contributed by atoms with Crippen molar-refractivity contribution >= 4 is 60.4 Å². The first kappa shape index (κ1) is 13.3. The van der Waals surface area contributed by atoms with Crippen LogP contribution in [-0.2, 0) is 6.54 Å². The predicted octanol–water partition coefficient (Wildman–Crippen LogP) is 4.61. The summed E-state index contributed by atoms with van der Waals surface area (Å²) in [6, 6.07) is 3.88. The van der Waals surface area contributed by atoms with Crippen molar-refractivity contribution in [1.82, 2.24) is 4.90 Å². The summed E-state index contributed by atoms with van der Waals surface area (Å²) in [5.74, 6) is 0.0487. The number of halogens is 2. The van der Waals surface area contributed by atoms with Crippen LogP contribution in [0.1, 0.15) is 15.2 Å². The van der Waals surface area contributed by atoms with E-state index in [4.69, 9.17) is 0 Å². The molecule has 2 aromatic heterocycles. The summed E-state index contributed by atoms with van der Waals surface area (Å²) in [6.07, 6.45) is 0. The molecule has 0 aliphatic rings. The molecule has 0 N–H and O–H groups in total. The number of nitrogens with zero attached hydrogens (tertiary/aromatic N) is 1. The number of rotatable bonds is 3. The van der Waals surface area contributed by atoms with Crippen LogP contribution in [0.4, 0.5) is 0 Å². The van der Waals surface area contributed by atoms with E-state index in [0.717, 1.165) is 13.1 Å². The Balaban J connectivity index is 2.09. The van der Waals surface area contributed by atoms with Gasteiger partial charge in [-0.3, -0.25) is 4.79 Å². The molecule has 0 aromatic carbocycles. The van der Waals surface area contributed by atoms with E-state index in [1.807, 2.05) is 24.6 Å². The number of amides is 1. The monoisotopic (exact) mass is 393 g/mol. The van der Waals surface area contributed by atoms with Gasteiger partial charge in [-0.05, 0) is 60.3 Å². The Morgan fingerprint density at radius 3 is 2.76 bits per heavy atom. The van der Waals surface area contributed by atoms with Crippen LogP contribution in [0.5, 0.6) is 0 Å². The lowest BCUT2D eigenvalue weighted by atomic mass is 10.3. The third-order valence-electron chi connectivity index (χ3n) is 2.20. The molecule has 0 saturated heterocycles. The summed E-state index contributed by atoms with van der Waals surface area (Å²) >= 11 is 9.88. The first-order chi connectivity index (χ1) is 8.08. The molecule has 0 unspecified atom stereocenters. The van der Waals surface area contributed by atoms with Gasteiger partial charge in [0.05, 0.1) is 8.66 Å². The van der Waals surface area contributed by atoms with Gasteiger partial charge in [0.1, 0.15) is 0 Å². The first-order valence-corrected chi connectivity index (χ1v) is 8.14. The number of thiophene rings is 2. The maximum atomic E-state index is 12.1.